The van der Waals surface area contributed by atoms with Crippen molar-refractivity contribution in [3.8, 4) is 0 Å². The van der Waals surface area contributed by atoms with E-state index in [9.17, 15) is 9.59 Å². The lowest BCUT2D eigenvalue weighted by atomic mass is 10.1. The largest absolute Gasteiger partial charge is 0.464 e. The zero-order chi connectivity index (χ0) is 12.1. The quantitative estimate of drug-likeness (QED) is 0.494. The SMILES string of the molecule is COC(=O)/C(N)=C/C(=O)c1ccccc1Cl. The van der Waals surface area contributed by atoms with Gasteiger partial charge in [-0.2, -0.15) is 0 Å². The van der Waals surface area contributed by atoms with E-state index >= 15 is 0 Å². The van der Waals surface area contributed by atoms with E-state index in [1.54, 1.807) is 24.3 Å². The van der Waals surface area contributed by atoms with Crippen LogP contribution in [-0.2, 0) is 9.53 Å². The average Bonchev–Trinajstić information content (AvgIpc) is 2.28. The molecule has 0 fully saturated rings. The van der Waals surface area contributed by atoms with Crippen LogP contribution in [0.25, 0.3) is 0 Å². The predicted octanol–water partition coefficient (Wildman–Crippen LogP) is 1.54. The minimum atomic E-state index is -0.750. The van der Waals surface area contributed by atoms with E-state index in [-0.39, 0.29) is 11.3 Å². The number of hydrogen-bond acceptors (Lipinski definition) is 4. The number of carbonyl (C=O) groups excluding carboxylic acids is 2. The molecule has 0 radical (unpaired) electrons. The van der Waals surface area contributed by atoms with E-state index in [0.717, 1.165) is 6.08 Å². The van der Waals surface area contributed by atoms with E-state index in [2.05, 4.69) is 4.74 Å². The average molecular weight is 240 g/mol. The lowest BCUT2D eigenvalue weighted by molar-refractivity contribution is -0.136. The number of esters is 1. The molecule has 0 aromatic heterocycles. The fourth-order valence-electron chi connectivity index (χ4n) is 1.06. The molecule has 5 heteroatoms. The summed E-state index contributed by atoms with van der Waals surface area (Å²) in [7, 11) is 1.18. The molecule has 0 spiro atoms. The van der Waals surface area contributed by atoms with Gasteiger partial charge in [-0.1, -0.05) is 23.7 Å². The third-order valence-electron chi connectivity index (χ3n) is 1.85. The van der Waals surface area contributed by atoms with E-state index in [1.165, 1.54) is 7.11 Å². The summed E-state index contributed by atoms with van der Waals surface area (Å²) in [4.78, 5) is 22.6. The van der Waals surface area contributed by atoms with Crippen molar-refractivity contribution < 1.29 is 14.3 Å². The first-order valence-corrected chi connectivity index (χ1v) is 4.78. The summed E-state index contributed by atoms with van der Waals surface area (Å²) in [6.07, 6.45) is 0.993. The molecule has 0 heterocycles. The minimum Gasteiger partial charge on any atom is -0.464 e. The zero-order valence-electron chi connectivity index (χ0n) is 8.57. The molecule has 0 saturated heterocycles. The summed E-state index contributed by atoms with van der Waals surface area (Å²) in [6, 6.07) is 6.50. The van der Waals surface area contributed by atoms with Gasteiger partial charge in [0.1, 0.15) is 5.70 Å². The van der Waals surface area contributed by atoms with Crippen LogP contribution in [0, 0.1) is 0 Å². The van der Waals surface area contributed by atoms with Gasteiger partial charge in [-0.05, 0) is 12.1 Å². The standard InChI is InChI=1S/C11H10ClNO3/c1-16-11(15)9(13)6-10(14)7-4-2-3-5-8(7)12/h2-6H,13H2,1H3/b9-6-. The van der Waals surface area contributed by atoms with Crippen molar-refractivity contribution in [1.29, 1.82) is 0 Å². The highest BCUT2D eigenvalue weighted by Crippen LogP contribution is 2.16. The van der Waals surface area contributed by atoms with Gasteiger partial charge in [-0.25, -0.2) is 4.79 Å². The van der Waals surface area contributed by atoms with Crippen molar-refractivity contribution in [1.82, 2.24) is 0 Å². The Morgan fingerprint density at radius 1 is 1.38 bits per heavy atom. The van der Waals surface area contributed by atoms with Crippen molar-refractivity contribution >= 4 is 23.4 Å². The van der Waals surface area contributed by atoms with Crippen molar-refractivity contribution in [2.75, 3.05) is 7.11 Å². The molecule has 2 N–H and O–H groups in total. The van der Waals surface area contributed by atoms with E-state index in [1.807, 2.05) is 0 Å². The topological polar surface area (TPSA) is 69.4 Å². The Hall–Kier alpha value is -1.81. The number of rotatable bonds is 3. The summed E-state index contributed by atoms with van der Waals surface area (Å²) in [6.45, 7) is 0. The van der Waals surface area contributed by atoms with Crippen LogP contribution in [0.2, 0.25) is 5.02 Å². The third kappa shape index (κ3) is 2.84. The maximum absolute atomic E-state index is 11.6. The van der Waals surface area contributed by atoms with Gasteiger partial charge >= 0.3 is 5.97 Å². The van der Waals surface area contributed by atoms with Gasteiger partial charge < -0.3 is 10.5 Å². The second kappa shape index (κ2) is 5.32. The van der Waals surface area contributed by atoms with Crippen LogP contribution in [0.3, 0.4) is 0 Å². The Labute approximate surface area is 97.6 Å². The molecule has 0 unspecified atom stereocenters. The first kappa shape index (κ1) is 12.3. The first-order valence-electron chi connectivity index (χ1n) is 4.40. The van der Waals surface area contributed by atoms with Gasteiger partial charge in [0.05, 0.1) is 12.1 Å². The molecule has 1 rings (SSSR count). The third-order valence-corrected chi connectivity index (χ3v) is 2.18. The summed E-state index contributed by atoms with van der Waals surface area (Å²) in [5.74, 6) is -1.19. The summed E-state index contributed by atoms with van der Waals surface area (Å²) >= 11 is 5.81. The van der Waals surface area contributed by atoms with Crippen LogP contribution >= 0.6 is 11.6 Å². The van der Waals surface area contributed by atoms with Gasteiger partial charge in [-0.3, -0.25) is 4.79 Å². The summed E-state index contributed by atoms with van der Waals surface area (Å²) < 4.78 is 4.36. The fourth-order valence-corrected chi connectivity index (χ4v) is 1.29. The second-order valence-electron chi connectivity index (χ2n) is 2.94. The highest BCUT2D eigenvalue weighted by molar-refractivity contribution is 6.34. The molecular weight excluding hydrogens is 230 g/mol. The highest BCUT2D eigenvalue weighted by Gasteiger charge is 2.11. The Balaban J connectivity index is 2.97. The van der Waals surface area contributed by atoms with Crippen molar-refractivity contribution in [3.63, 3.8) is 0 Å². The lowest BCUT2D eigenvalue weighted by Gasteiger charge is -2.00. The molecule has 84 valence electrons. The predicted molar refractivity (Wildman–Crippen MR) is 60.1 cm³/mol. The van der Waals surface area contributed by atoms with E-state index in [0.29, 0.717) is 5.02 Å². The smallest absolute Gasteiger partial charge is 0.354 e. The highest BCUT2D eigenvalue weighted by atomic mass is 35.5. The number of allylic oxidation sites excluding steroid dienone is 1. The number of benzene rings is 1. The molecule has 0 saturated carbocycles. The molecule has 0 atom stereocenters. The van der Waals surface area contributed by atoms with Gasteiger partial charge in [0.2, 0.25) is 0 Å². The molecule has 0 aliphatic rings. The number of halogens is 1. The van der Waals surface area contributed by atoms with Crippen molar-refractivity contribution in [2.24, 2.45) is 5.73 Å². The number of methoxy groups -OCH3 is 1. The Morgan fingerprint density at radius 2 is 2.00 bits per heavy atom. The Kier molecular flexibility index (Phi) is 4.08. The van der Waals surface area contributed by atoms with Gasteiger partial charge in [-0.15, -0.1) is 0 Å². The Morgan fingerprint density at radius 3 is 2.56 bits per heavy atom. The van der Waals surface area contributed by atoms with E-state index in [4.69, 9.17) is 17.3 Å². The van der Waals surface area contributed by atoms with Crippen LogP contribution < -0.4 is 5.73 Å². The second-order valence-corrected chi connectivity index (χ2v) is 3.34. The number of ether oxygens (including phenoxy) is 1. The number of carbonyl (C=O) groups is 2. The maximum atomic E-state index is 11.6. The number of nitrogens with two attached hydrogens (primary N) is 1. The van der Waals surface area contributed by atoms with Crippen LogP contribution in [0.1, 0.15) is 10.4 Å². The van der Waals surface area contributed by atoms with Crippen LogP contribution in [-0.4, -0.2) is 18.9 Å². The fraction of sp³-hybridized carbons (Fsp3) is 0.0909. The first-order chi connectivity index (χ1) is 7.56. The van der Waals surface area contributed by atoms with Gasteiger partial charge in [0, 0.05) is 11.6 Å². The van der Waals surface area contributed by atoms with Crippen molar-refractivity contribution in [3.05, 3.63) is 46.6 Å². The minimum absolute atomic E-state index is 0.257. The van der Waals surface area contributed by atoms with Gasteiger partial charge in [0.15, 0.2) is 5.78 Å². The summed E-state index contributed by atoms with van der Waals surface area (Å²) in [5.41, 5.74) is 5.37. The summed E-state index contributed by atoms with van der Waals surface area (Å²) in [5, 5.41) is 0.307. The van der Waals surface area contributed by atoms with E-state index < -0.39 is 11.8 Å². The zero-order valence-corrected chi connectivity index (χ0v) is 9.32. The molecule has 0 bridgehead atoms. The lowest BCUT2D eigenvalue weighted by Crippen LogP contribution is -2.14. The normalized spacial score (nSPS) is 11.0. The molecule has 0 aliphatic heterocycles. The number of hydrogen-bond donors (Lipinski definition) is 1. The van der Waals surface area contributed by atoms with Crippen LogP contribution in [0.5, 0.6) is 0 Å². The van der Waals surface area contributed by atoms with Gasteiger partial charge in [0.25, 0.3) is 0 Å². The maximum Gasteiger partial charge on any atom is 0.354 e. The molecular formula is C11H10ClNO3. The van der Waals surface area contributed by atoms with Crippen LogP contribution in [0.15, 0.2) is 36.0 Å². The van der Waals surface area contributed by atoms with Crippen molar-refractivity contribution in [2.45, 2.75) is 0 Å². The monoisotopic (exact) mass is 239 g/mol. The Bertz CT molecular complexity index is 454. The molecule has 1 aromatic carbocycles. The molecule has 1 aromatic rings. The molecule has 0 amide bonds. The molecule has 4 nitrogen and oxygen atoms in total. The molecule has 0 aliphatic carbocycles. The van der Waals surface area contributed by atoms with Crippen LogP contribution in [0.4, 0.5) is 0 Å². The molecule has 16 heavy (non-hydrogen) atoms. The number of ketones is 1.